The molecule has 2 amide bonds. The minimum absolute atomic E-state index is 0.0156. The quantitative estimate of drug-likeness (QED) is 0.408. The van der Waals surface area contributed by atoms with E-state index < -0.39 is 55.0 Å². The highest BCUT2D eigenvalue weighted by atomic mass is 19.4. The Labute approximate surface area is 209 Å². The topological polar surface area (TPSA) is 89.5 Å². The van der Waals surface area contributed by atoms with Crippen molar-refractivity contribution in [2.75, 3.05) is 13.2 Å². The summed E-state index contributed by atoms with van der Waals surface area (Å²) in [6, 6.07) is 4.99. The van der Waals surface area contributed by atoms with Crippen molar-refractivity contribution in [3.05, 3.63) is 59.4 Å². The number of amides is 2. The molecule has 0 unspecified atom stereocenters. The number of alkyl carbamates (subject to hydrolysis) is 1. The van der Waals surface area contributed by atoms with Gasteiger partial charge in [-0.15, -0.1) is 0 Å². The standard InChI is InChI=1S/C24H27F6N3O4/c1-14(2)12-36-22(35)33-20(10-16-6-4-5-7-18(16)24(28,29)30)21(34)32-15(3)19-9-8-17(11-31-19)37-13-23(25,26)27/h4-9,11,14-15,20H,10,12-13H2,1-3H3,(H,32,34)(H,33,35)/t15-,20-/m1/s1. The Morgan fingerprint density at radius 3 is 2.22 bits per heavy atom. The van der Waals surface area contributed by atoms with Crippen LogP contribution in [-0.4, -0.2) is 42.4 Å². The highest BCUT2D eigenvalue weighted by Crippen LogP contribution is 2.32. The smallest absolute Gasteiger partial charge is 0.422 e. The number of halogens is 6. The Morgan fingerprint density at radius 2 is 1.65 bits per heavy atom. The molecular weight excluding hydrogens is 508 g/mol. The van der Waals surface area contributed by atoms with Crippen LogP contribution in [0.1, 0.15) is 43.6 Å². The summed E-state index contributed by atoms with van der Waals surface area (Å²) in [5.41, 5.74) is -0.921. The highest BCUT2D eigenvalue weighted by molar-refractivity contribution is 5.86. The third kappa shape index (κ3) is 10.2. The fourth-order valence-electron chi connectivity index (χ4n) is 3.12. The summed E-state index contributed by atoms with van der Waals surface area (Å²) in [5.74, 6) is -0.973. The van der Waals surface area contributed by atoms with Gasteiger partial charge in [-0.2, -0.15) is 26.3 Å². The van der Waals surface area contributed by atoms with Crippen LogP contribution in [0, 0.1) is 5.92 Å². The van der Waals surface area contributed by atoms with Gasteiger partial charge in [-0.1, -0.05) is 32.0 Å². The maximum absolute atomic E-state index is 13.5. The second-order valence-corrected chi connectivity index (χ2v) is 8.60. The lowest BCUT2D eigenvalue weighted by molar-refractivity contribution is -0.153. The fraction of sp³-hybridized carbons (Fsp3) is 0.458. The molecule has 2 aromatic rings. The molecule has 0 bridgehead atoms. The summed E-state index contributed by atoms with van der Waals surface area (Å²) in [5, 5.41) is 4.86. The lowest BCUT2D eigenvalue weighted by Crippen LogP contribution is -2.49. The molecule has 0 fully saturated rings. The van der Waals surface area contributed by atoms with Crippen molar-refractivity contribution >= 4 is 12.0 Å². The van der Waals surface area contributed by atoms with Gasteiger partial charge < -0.3 is 20.1 Å². The first kappa shape index (κ1) is 29.7. The molecule has 0 saturated carbocycles. The maximum atomic E-state index is 13.5. The molecule has 0 spiro atoms. The van der Waals surface area contributed by atoms with E-state index in [2.05, 4.69) is 20.4 Å². The van der Waals surface area contributed by atoms with Crippen molar-refractivity contribution in [3.63, 3.8) is 0 Å². The van der Waals surface area contributed by atoms with Crippen molar-refractivity contribution in [2.45, 2.75) is 51.6 Å². The van der Waals surface area contributed by atoms with Crippen LogP contribution in [0.3, 0.4) is 0 Å². The normalized spacial score (nSPS) is 13.6. The second-order valence-electron chi connectivity index (χ2n) is 8.60. The van der Waals surface area contributed by atoms with Crippen molar-refractivity contribution in [1.82, 2.24) is 15.6 Å². The van der Waals surface area contributed by atoms with E-state index in [0.29, 0.717) is 0 Å². The molecule has 2 atom stereocenters. The van der Waals surface area contributed by atoms with Crippen LogP contribution in [-0.2, 0) is 22.1 Å². The van der Waals surface area contributed by atoms with E-state index in [-0.39, 0.29) is 29.5 Å². The number of benzene rings is 1. The van der Waals surface area contributed by atoms with E-state index in [9.17, 15) is 35.9 Å². The van der Waals surface area contributed by atoms with E-state index in [1.54, 1.807) is 13.8 Å². The highest BCUT2D eigenvalue weighted by Gasteiger charge is 2.35. The van der Waals surface area contributed by atoms with Gasteiger partial charge in [-0.05, 0) is 36.6 Å². The Bertz CT molecular complexity index is 1040. The Morgan fingerprint density at radius 1 is 0.973 bits per heavy atom. The first-order valence-electron chi connectivity index (χ1n) is 11.2. The molecule has 13 heteroatoms. The summed E-state index contributed by atoms with van der Waals surface area (Å²) < 4.78 is 86.9. The number of carbonyl (C=O) groups excluding carboxylic acids is 2. The number of hydrogen-bond acceptors (Lipinski definition) is 5. The van der Waals surface area contributed by atoms with Crippen molar-refractivity contribution in [3.8, 4) is 5.75 Å². The van der Waals surface area contributed by atoms with Gasteiger partial charge in [0.15, 0.2) is 6.61 Å². The largest absolute Gasteiger partial charge is 0.483 e. The predicted molar refractivity (Wildman–Crippen MR) is 121 cm³/mol. The van der Waals surface area contributed by atoms with Crippen LogP contribution in [0.15, 0.2) is 42.6 Å². The monoisotopic (exact) mass is 535 g/mol. The summed E-state index contributed by atoms with van der Waals surface area (Å²) >= 11 is 0. The van der Waals surface area contributed by atoms with Gasteiger partial charge in [-0.25, -0.2) is 4.79 Å². The summed E-state index contributed by atoms with van der Waals surface area (Å²) in [6.07, 6.45) is -9.62. The Kier molecular flexibility index (Phi) is 10.2. The van der Waals surface area contributed by atoms with Gasteiger partial charge in [0.1, 0.15) is 11.8 Å². The second kappa shape index (κ2) is 12.6. The molecule has 0 aliphatic heterocycles. The molecule has 204 valence electrons. The minimum Gasteiger partial charge on any atom is -0.483 e. The van der Waals surface area contributed by atoms with E-state index in [1.165, 1.54) is 37.3 Å². The molecule has 1 aromatic heterocycles. The predicted octanol–water partition coefficient (Wildman–Crippen LogP) is 5.21. The summed E-state index contributed by atoms with van der Waals surface area (Å²) in [6.45, 7) is 3.60. The third-order valence-electron chi connectivity index (χ3n) is 4.87. The van der Waals surface area contributed by atoms with Gasteiger partial charge in [-0.3, -0.25) is 9.78 Å². The van der Waals surface area contributed by atoms with E-state index in [4.69, 9.17) is 4.74 Å². The average molecular weight is 535 g/mol. The fourth-order valence-corrected chi connectivity index (χ4v) is 3.12. The number of hydrogen-bond donors (Lipinski definition) is 2. The van der Waals surface area contributed by atoms with Crippen molar-refractivity contribution < 1.29 is 45.4 Å². The van der Waals surface area contributed by atoms with Crippen LogP contribution in [0.5, 0.6) is 5.75 Å². The molecule has 0 saturated heterocycles. The molecule has 7 nitrogen and oxygen atoms in total. The molecule has 0 aliphatic carbocycles. The number of alkyl halides is 6. The van der Waals surface area contributed by atoms with Crippen LogP contribution < -0.4 is 15.4 Å². The van der Waals surface area contributed by atoms with Gasteiger partial charge in [0.2, 0.25) is 5.91 Å². The summed E-state index contributed by atoms with van der Waals surface area (Å²) in [7, 11) is 0. The average Bonchev–Trinajstić information content (AvgIpc) is 2.80. The zero-order chi connectivity index (χ0) is 27.8. The molecule has 2 rings (SSSR count). The number of nitrogens with one attached hydrogen (secondary N) is 2. The molecular formula is C24H27F6N3O4. The SMILES string of the molecule is CC(C)COC(=O)N[C@H](Cc1ccccc1C(F)(F)F)C(=O)N[C@H](C)c1ccc(OCC(F)(F)F)cn1. The third-order valence-corrected chi connectivity index (χ3v) is 4.87. The van der Waals surface area contributed by atoms with E-state index in [1.807, 2.05) is 0 Å². The van der Waals surface area contributed by atoms with E-state index in [0.717, 1.165) is 12.3 Å². The Hall–Kier alpha value is -3.51. The molecule has 1 heterocycles. The van der Waals surface area contributed by atoms with Crippen molar-refractivity contribution in [2.24, 2.45) is 5.92 Å². The Balaban J connectivity index is 2.17. The number of carbonyl (C=O) groups is 2. The van der Waals surface area contributed by atoms with Crippen molar-refractivity contribution in [1.29, 1.82) is 0 Å². The van der Waals surface area contributed by atoms with Crippen LogP contribution >= 0.6 is 0 Å². The van der Waals surface area contributed by atoms with Crippen LogP contribution in [0.2, 0.25) is 0 Å². The number of ether oxygens (including phenoxy) is 2. The van der Waals surface area contributed by atoms with Gasteiger partial charge >= 0.3 is 18.4 Å². The van der Waals surface area contributed by atoms with Gasteiger partial charge in [0, 0.05) is 6.42 Å². The minimum atomic E-state index is -4.68. The van der Waals surface area contributed by atoms with Crippen LogP contribution in [0.4, 0.5) is 31.1 Å². The number of rotatable bonds is 10. The molecule has 37 heavy (non-hydrogen) atoms. The number of nitrogens with zero attached hydrogens (tertiary/aromatic N) is 1. The van der Waals surface area contributed by atoms with Gasteiger partial charge in [0.25, 0.3) is 0 Å². The molecule has 1 aromatic carbocycles. The molecule has 0 radical (unpaired) electrons. The number of pyridine rings is 1. The lowest BCUT2D eigenvalue weighted by atomic mass is 9.99. The zero-order valence-corrected chi connectivity index (χ0v) is 20.2. The first-order valence-corrected chi connectivity index (χ1v) is 11.2. The molecule has 0 aliphatic rings. The first-order chi connectivity index (χ1) is 17.2. The summed E-state index contributed by atoms with van der Waals surface area (Å²) in [4.78, 5) is 29.2. The van der Waals surface area contributed by atoms with Gasteiger partial charge in [0.05, 0.1) is 30.1 Å². The zero-order valence-electron chi connectivity index (χ0n) is 20.2. The lowest BCUT2D eigenvalue weighted by Gasteiger charge is -2.23. The number of aromatic nitrogens is 1. The van der Waals surface area contributed by atoms with E-state index >= 15 is 0 Å². The van der Waals surface area contributed by atoms with Crippen LogP contribution in [0.25, 0.3) is 0 Å². The molecule has 2 N–H and O–H groups in total. The maximum Gasteiger partial charge on any atom is 0.422 e.